The van der Waals surface area contributed by atoms with Crippen LogP contribution in [0.4, 0.5) is 0 Å². The molecule has 0 fully saturated rings. The van der Waals surface area contributed by atoms with E-state index in [2.05, 4.69) is 45.4 Å². The number of thioether (sulfide) groups is 1. The lowest BCUT2D eigenvalue weighted by Gasteiger charge is -2.20. The average Bonchev–Trinajstić information content (AvgIpc) is 3.16. The van der Waals surface area contributed by atoms with Crippen LogP contribution in [-0.4, -0.2) is 59.8 Å². The Hall–Kier alpha value is -2.36. The molecule has 0 bridgehead atoms. The number of hydrogen-bond donors (Lipinski definition) is 2. The highest BCUT2D eigenvalue weighted by Crippen LogP contribution is 2.22. The summed E-state index contributed by atoms with van der Waals surface area (Å²) < 4.78 is 1.84. The normalized spacial score (nSPS) is 15.3. The molecule has 0 radical (unpaired) electrons. The lowest BCUT2D eigenvalue weighted by Crippen LogP contribution is -2.33. The summed E-state index contributed by atoms with van der Waals surface area (Å²) in [7, 11) is 0. The number of H-pyrrole nitrogens is 2. The van der Waals surface area contributed by atoms with E-state index in [4.69, 9.17) is 0 Å². The molecule has 0 aromatic carbocycles. The first-order valence-electron chi connectivity index (χ1n) is 8.19. The summed E-state index contributed by atoms with van der Waals surface area (Å²) in [5.74, 6) is 0.286. The average molecular weight is 363 g/mol. The van der Waals surface area contributed by atoms with E-state index in [0.717, 1.165) is 24.1 Å². The SMILES string of the molecule is CC(C)n1cc(C2=CCCN(C(=O)CSc3n[nH]c(=O)[nH]3)CC2)nn1. The molecular formula is C15H21N7O2S. The van der Waals surface area contributed by atoms with Crippen molar-refractivity contribution in [1.29, 1.82) is 0 Å². The zero-order valence-electron chi connectivity index (χ0n) is 14.2. The Kier molecular flexibility index (Phi) is 5.37. The van der Waals surface area contributed by atoms with Crippen LogP contribution in [0.2, 0.25) is 0 Å². The predicted octanol–water partition coefficient (Wildman–Crippen LogP) is 1.07. The lowest BCUT2D eigenvalue weighted by molar-refractivity contribution is -0.128. The van der Waals surface area contributed by atoms with Gasteiger partial charge in [0.05, 0.1) is 11.9 Å². The maximum absolute atomic E-state index is 12.4. The van der Waals surface area contributed by atoms with Gasteiger partial charge in [-0.05, 0) is 32.3 Å². The van der Waals surface area contributed by atoms with Crippen LogP contribution < -0.4 is 5.69 Å². The van der Waals surface area contributed by atoms with Crippen molar-refractivity contribution in [3.63, 3.8) is 0 Å². The molecule has 134 valence electrons. The fourth-order valence-corrected chi connectivity index (χ4v) is 3.28. The number of nitrogens with one attached hydrogen (secondary N) is 2. The molecule has 1 aliphatic heterocycles. The third-order valence-corrected chi connectivity index (χ3v) is 4.83. The number of rotatable bonds is 5. The number of aromatic nitrogens is 6. The summed E-state index contributed by atoms with van der Waals surface area (Å²) in [5, 5.41) is 14.9. The van der Waals surface area contributed by atoms with Gasteiger partial charge in [0.1, 0.15) is 5.69 Å². The summed E-state index contributed by atoms with van der Waals surface area (Å²) in [4.78, 5) is 27.8. The highest BCUT2D eigenvalue weighted by Gasteiger charge is 2.19. The number of amides is 1. The minimum Gasteiger partial charge on any atom is -0.341 e. The van der Waals surface area contributed by atoms with Crippen molar-refractivity contribution < 1.29 is 4.79 Å². The molecule has 1 aliphatic rings. The van der Waals surface area contributed by atoms with Crippen LogP contribution in [0.1, 0.15) is 38.4 Å². The van der Waals surface area contributed by atoms with Crippen LogP contribution in [0.3, 0.4) is 0 Å². The zero-order valence-corrected chi connectivity index (χ0v) is 15.0. The third kappa shape index (κ3) is 4.38. The second kappa shape index (κ2) is 7.68. The van der Waals surface area contributed by atoms with Crippen LogP contribution in [0.25, 0.3) is 5.57 Å². The van der Waals surface area contributed by atoms with Gasteiger partial charge in [-0.3, -0.25) is 9.78 Å². The first kappa shape index (κ1) is 17.5. The maximum Gasteiger partial charge on any atom is 0.341 e. The monoisotopic (exact) mass is 363 g/mol. The van der Waals surface area contributed by atoms with Crippen LogP contribution in [-0.2, 0) is 4.79 Å². The van der Waals surface area contributed by atoms with Crippen molar-refractivity contribution in [2.45, 2.75) is 37.9 Å². The Balaban J connectivity index is 1.55. The fraction of sp³-hybridized carbons (Fsp3) is 0.533. The van der Waals surface area contributed by atoms with Gasteiger partial charge in [0.25, 0.3) is 0 Å². The van der Waals surface area contributed by atoms with Crippen LogP contribution in [0, 0.1) is 0 Å². The van der Waals surface area contributed by atoms with E-state index < -0.39 is 0 Å². The first-order chi connectivity index (χ1) is 12.0. The van der Waals surface area contributed by atoms with Gasteiger partial charge < -0.3 is 4.90 Å². The van der Waals surface area contributed by atoms with Crippen molar-refractivity contribution in [1.82, 2.24) is 35.1 Å². The highest BCUT2D eigenvalue weighted by molar-refractivity contribution is 7.99. The molecule has 2 N–H and O–H groups in total. The number of hydrogen-bond acceptors (Lipinski definition) is 6. The van der Waals surface area contributed by atoms with E-state index in [9.17, 15) is 9.59 Å². The van der Waals surface area contributed by atoms with Crippen molar-refractivity contribution in [3.05, 3.63) is 28.5 Å². The predicted molar refractivity (Wildman–Crippen MR) is 94.1 cm³/mol. The second-order valence-electron chi connectivity index (χ2n) is 6.10. The van der Waals surface area contributed by atoms with Gasteiger partial charge in [-0.25, -0.2) is 14.6 Å². The number of aromatic amines is 2. The van der Waals surface area contributed by atoms with E-state index >= 15 is 0 Å². The van der Waals surface area contributed by atoms with E-state index in [-0.39, 0.29) is 23.4 Å². The molecule has 25 heavy (non-hydrogen) atoms. The van der Waals surface area contributed by atoms with Gasteiger partial charge in [-0.2, -0.15) is 0 Å². The Bertz CT molecular complexity index is 820. The fourth-order valence-electron chi connectivity index (χ4n) is 2.57. The molecule has 0 spiro atoms. The molecule has 0 unspecified atom stereocenters. The van der Waals surface area contributed by atoms with E-state index in [1.807, 2.05) is 15.8 Å². The Morgan fingerprint density at radius 3 is 2.92 bits per heavy atom. The molecule has 1 amide bonds. The van der Waals surface area contributed by atoms with Gasteiger partial charge in [-0.15, -0.1) is 10.2 Å². The minimum atomic E-state index is -0.368. The molecule has 3 heterocycles. The van der Waals surface area contributed by atoms with Crippen LogP contribution in [0.15, 0.2) is 22.2 Å². The van der Waals surface area contributed by atoms with Crippen LogP contribution >= 0.6 is 11.8 Å². The molecule has 0 saturated carbocycles. The molecular weight excluding hydrogens is 342 g/mol. The first-order valence-corrected chi connectivity index (χ1v) is 9.18. The topological polar surface area (TPSA) is 113 Å². The van der Waals surface area contributed by atoms with E-state index in [1.165, 1.54) is 11.8 Å². The van der Waals surface area contributed by atoms with Gasteiger partial charge in [-0.1, -0.05) is 23.1 Å². The lowest BCUT2D eigenvalue weighted by atomic mass is 10.1. The third-order valence-electron chi connectivity index (χ3n) is 3.97. The Morgan fingerprint density at radius 2 is 2.24 bits per heavy atom. The van der Waals surface area contributed by atoms with Gasteiger partial charge >= 0.3 is 5.69 Å². The van der Waals surface area contributed by atoms with Crippen molar-refractivity contribution in [2.75, 3.05) is 18.8 Å². The van der Waals surface area contributed by atoms with Crippen LogP contribution in [0.5, 0.6) is 0 Å². The smallest absolute Gasteiger partial charge is 0.341 e. The molecule has 0 aliphatic carbocycles. The standard InChI is InChI=1S/C15H21N7O2S/c1-10(2)22-8-12(17-20-22)11-4-3-6-21(7-5-11)13(23)9-25-15-16-14(24)18-19-15/h4,8,10H,3,5-7,9H2,1-2H3,(H2,16,18,19,24). The van der Waals surface area contributed by atoms with Gasteiger partial charge in [0.15, 0.2) is 5.16 Å². The second-order valence-corrected chi connectivity index (χ2v) is 7.06. The summed E-state index contributed by atoms with van der Waals surface area (Å²) in [6.07, 6.45) is 5.64. The Morgan fingerprint density at radius 1 is 1.40 bits per heavy atom. The molecule has 0 saturated heterocycles. The largest absolute Gasteiger partial charge is 0.341 e. The summed E-state index contributed by atoms with van der Waals surface area (Å²) in [5.41, 5.74) is 1.64. The van der Waals surface area contributed by atoms with Crippen molar-refractivity contribution in [3.8, 4) is 0 Å². The summed E-state index contributed by atoms with van der Waals surface area (Å²) in [6.45, 7) is 5.45. The summed E-state index contributed by atoms with van der Waals surface area (Å²) in [6, 6.07) is 0.274. The zero-order chi connectivity index (χ0) is 17.8. The number of carbonyl (C=O) groups is 1. The minimum absolute atomic E-state index is 0.0364. The van der Waals surface area contributed by atoms with Crippen molar-refractivity contribution in [2.24, 2.45) is 0 Å². The van der Waals surface area contributed by atoms with E-state index in [1.54, 1.807) is 0 Å². The molecule has 2 aromatic rings. The van der Waals surface area contributed by atoms with E-state index in [0.29, 0.717) is 18.2 Å². The summed E-state index contributed by atoms with van der Waals surface area (Å²) >= 11 is 1.22. The number of nitrogens with zero attached hydrogens (tertiary/aromatic N) is 5. The molecule has 3 rings (SSSR count). The maximum atomic E-state index is 12.4. The highest BCUT2D eigenvalue weighted by atomic mass is 32.2. The molecule has 0 atom stereocenters. The molecule has 2 aromatic heterocycles. The number of carbonyl (C=O) groups excluding carboxylic acids is 1. The molecule has 10 heteroatoms. The Labute approximate surface area is 148 Å². The quantitative estimate of drug-likeness (QED) is 0.769. The molecule has 9 nitrogen and oxygen atoms in total. The van der Waals surface area contributed by atoms with Gasteiger partial charge in [0.2, 0.25) is 5.91 Å². The van der Waals surface area contributed by atoms with Gasteiger partial charge in [0, 0.05) is 19.1 Å². The van der Waals surface area contributed by atoms with Crippen molar-refractivity contribution >= 4 is 23.2 Å².